The van der Waals surface area contributed by atoms with Crippen molar-refractivity contribution in [3.63, 3.8) is 0 Å². The molecule has 2 rings (SSSR count). The summed E-state index contributed by atoms with van der Waals surface area (Å²) in [4.78, 5) is -1.06. The number of rotatable bonds is 3. The lowest BCUT2D eigenvalue weighted by Crippen LogP contribution is -2.47. The molecule has 1 aliphatic rings. The molecule has 1 N–H and O–H groups in total. The molecule has 0 radical (unpaired) electrons. The number of sulfonamides is 1. The topological polar surface area (TPSA) is 80.3 Å². The van der Waals surface area contributed by atoms with Crippen LogP contribution in [0.15, 0.2) is 17.0 Å². The Balaban J connectivity index is 2.39. The predicted molar refractivity (Wildman–Crippen MR) is 68.3 cm³/mol. The van der Waals surface area contributed by atoms with Crippen molar-refractivity contribution in [2.45, 2.75) is 23.8 Å². The largest absolute Gasteiger partial charge is 0.244 e. The SMILES string of the molecule is C[C@]1(NS(=O)(=O)c2ccc(F)c(F)c2F)CCS(=O)(=O)C1. The Morgan fingerprint density at radius 1 is 1.19 bits per heavy atom. The van der Waals surface area contributed by atoms with Gasteiger partial charge in [0.05, 0.1) is 11.5 Å². The van der Waals surface area contributed by atoms with Gasteiger partial charge in [-0.2, -0.15) is 0 Å². The lowest BCUT2D eigenvalue weighted by molar-refractivity contribution is 0.426. The van der Waals surface area contributed by atoms with Crippen molar-refractivity contribution < 1.29 is 30.0 Å². The molecule has 0 aliphatic carbocycles. The van der Waals surface area contributed by atoms with E-state index in [4.69, 9.17) is 0 Å². The number of nitrogens with one attached hydrogen (secondary N) is 1. The minimum atomic E-state index is -4.52. The zero-order valence-corrected chi connectivity index (χ0v) is 12.5. The molecule has 0 amide bonds. The molecule has 1 heterocycles. The van der Waals surface area contributed by atoms with Crippen molar-refractivity contribution in [2.75, 3.05) is 11.5 Å². The van der Waals surface area contributed by atoms with E-state index in [0.29, 0.717) is 12.1 Å². The second kappa shape index (κ2) is 4.96. The van der Waals surface area contributed by atoms with Gasteiger partial charge in [-0.15, -0.1) is 0 Å². The predicted octanol–water partition coefficient (Wildman–Crippen LogP) is 0.959. The van der Waals surface area contributed by atoms with Crippen LogP contribution in [0.25, 0.3) is 0 Å². The van der Waals surface area contributed by atoms with Gasteiger partial charge in [-0.1, -0.05) is 0 Å². The summed E-state index contributed by atoms with van der Waals surface area (Å²) < 4.78 is 88.5. The summed E-state index contributed by atoms with van der Waals surface area (Å²) in [5.74, 6) is -5.90. The quantitative estimate of drug-likeness (QED) is 0.829. The molecule has 0 spiro atoms. The maximum atomic E-state index is 13.6. The number of hydrogen-bond donors (Lipinski definition) is 1. The highest BCUT2D eigenvalue weighted by molar-refractivity contribution is 7.92. The van der Waals surface area contributed by atoms with Gasteiger partial charge in [0.1, 0.15) is 4.90 Å². The summed E-state index contributed by atoms with van der Waals surface area (Å²) in [6, 6.07) is 1.07. The van der Waals surface area contributed by atoms with Crippen molar-refractivity contribution >= 4 is 19.9 Å². The average molecular weight is 343 g/mol. The van der Waals surface area contributed by atoms with Crippen LogP contribution in [0.2, 0.25) is 0 Å². The molecule has 5 nitrogen and oxygen atoms in total. The first-order chi connectivity index (χ1) is 9.46. The first-order valence-corrected chi connectivity index (χ1v) is 9.14. The van der Waals surface area contributed by atoms with E-state index in [9.17, 15) is 30.0 Å². The highest BCUT2D eigenvalue weighted by Crippen LogP contribution is 2.27. The van der Waals surface area contributed by atoms with E-state index in [1.807, 2.05) is 0 Å². The maximum Gasteiger partial charge on any atom is 0.244 e. The third-order valence-corrected chi connectivity index (χ3v) is 6.73. The smallest absolute Gasteiger partial charge is 0.229 e. The third kappa shape index (κ3) is 3.22. The lowest BCUT2D eigenvalue weighted by Gasteiger charge is -2.23. The highest BCUT2D eigenvalue weighted by atomic mass is 32.2. The Kier molecular flexibility index (Phi) is 3.83. The molecule has 0 aromatic heterocycles. The van der Waals surface area contributed by atoms with Gasteiger partial charge in [0.2, 0.25) is 10.0 Å². The van der Waals surface area contributed by atoms with Crippen LogP contribution < -0.4 is 4.72 Å². The van der Waals surface area contributed by atoms with Crippen LogP contribution >= 0.6 is 0 Å². The normalized spacial score (nSPS) is 25.1. The zero-order valence-electron chi connectivity index (χ0n) is 10.9. The Labute approximate surface area is 120 Å². The Bertz CT molecular complexity index is 792. The Morgan fingerprint density at radius 2 is 1.81 bits per heavy atom. The fraction of sp³-hybridized carbons (Fsp3) is 0.455. The molecule has 0 saturated carbocycles. The van der Waals surface area contributed by atoms with Gasteiger partial charge in [-0.05, 0) is 25.5 Å². The minimum Gasteiger partial charge on any atom is -0.229 e. The molecule has 0 bridgehead atoms. The van der Waals surface area contributed by atoms with Gasteiger partial charge in [-0.3, -0.25) is 0 Å². The van der Waals surface area contributed by atoms with E-state index in [-0.39, 0.29) is 12.2 Å². The summed E-state index contributed by atoms with van der Waals surface area (Å²) in [6.45, 7) is 1.35. The third-order valence-electron chi connectivity index (χ3n) is 3.17. The lowest BCUT2D eigenvalue weighted by atomic mass is 10.0. The number of benzene rings is 1. The van der Waals surface area contributed by atoms with Crippen LogP contribution in [0.5, 0.6) is 0 Å². The van der Waals surface area contributed by atoms with Crippen molar-refractivity contribution in [1.82, 2.24) is 4.72 Å². The van der Waals surface area contributed by atoms with E-state index in [0.717, 1.165) is 0 Å². The van der Waals surface area contributed by atoms with Crippen molar-refractivity contribution in [1.29, 1.82) is 0 Å². The number of hydrogen-bond acceptors (Lipinski definition) is 4. The molecule has 1 aliphatic heterocycles. The van der Waals surface area contributed by atoms with Gasteiger partial charge in [0, 0.05) is 5.54 Å². The van der Waals surface area contributed by atoms with Gasteiger partial charge in [0.15, 0.2) is 27.3 Å². The molecule has 1 fully saturated rings. The van der Waals surface area contributed by atoms with E-state index >= 15 is 0 Å². The van der Waals surface area contributed by atoms with Gasteiger partial charge < -0.3 is 0 Å². The molecular weight excluding hydrogens is 331 g/mol. The molecule has 10 heteroatoms. The average Bonchev–Trinajstić information content (AvgIpc) is 2.59. The van der Waals surface area contributed by atoms with Crippen LogP contribution in [0.4, 0.5) is 13.2 Å². The number of halogens is 3. The van der Waals surface area contributed by atoms with Crippen LogP contribution in [0.3, 0.4) is 0 Å². The summed E-state index contributed by atoms with van der Waals surface area (Å²) in [6.07, 6.45) is 0.0137. The van der Waals surface area contributed by atoms with Crippen molar-refractivity contribution in [3.8, 4) is 0 Å². The van der Waals surface area contributed by atoms with Crippen molar-refractivity contribution in [2.24, 2.45) is 0 Å². The van der Waals surface area contributed by atoms with E-state index in [2.05, 4.69) is 4.72 Å². The fourth-order valence-electron chi connectivity index (χ4n) is 2.19. The standard InChI is InChI=1S/C11H12F3NO4S2/c1-11(4-5-20(16,17)6-11)15-21(18,19)8-3-2-7(12)9(13)10(8)14/h2-3,15H,4-6H2,1H3/t11-/m0/s1. The van der Waals surface area contributed by atoms with E-state index in [1.54, 1.807) is 0 Å². The molecular formula is C11H12F3NO4S2. The van der Waals surface area contributed by atoms with Gasteiger partial charge in [0.25, 0.3) is 0 Å². The summed E-state index contributed by atoms with van der Waals surface area (Å²) in [5.41, 5.74) is -1.31. The molecule has 1 atom stereocenters. The second-order valence-electron chi connectivity index (χ2n) is 5.18. The molecule has 1 saturated heterocycles. The van der Waals surface area contributed by atoms with E-state index < -0.39 is 53.5 Å². The van der Waals surface area contributed by atoms with Gasteiger partial charge >= 0.3 is 0 Å². The minimum absolute atomic E-state index is 0.0137. The fourth-order valence-corrected chi connectivity index (χ4v) is 5.88. The first kappa shape index (κ1) is 16.2. The second-order valence-corrected chi connectivity index (χ2v) is 9.02. The van der Waals surface area contributed by atoms with E-state index in [1.165, 1.54) is 6.92 Å². The monoisotopic (exact) mass is 343 g/mol. The van der Waals surface area contributed by atoms with Crippen LogP contribution in [-0.2, 0) is 19.9 Å². The maximum absolute atomic E-state index is 13.6. The molecule has 1 aromatic rings. The zero-order chi connectivity index (χ0) is 16.1. The molecule has 0 unspecified atom stereocenters. The first-order valence-electron chi connectivity index (χ1n) is 5.84. The molecule has 118 valence electrons. The highest BCUT2D eigenvalue weighted by Gasteiger charge is 2.42. The van der Waals surface area contributed by atoms with Crippen LogP contribution in [0.1, 0.15) is 13.3 Å². The summed E-state index contributed by atoms with van der Waals surface area (Å²) >= 11 is 0. The number of sulfone groups is 1. The Morgan fingerprint density at radius 3 is 2.33 bits per heavy atom. The summed E-state index contributed by atoms with van der Waals surface area (Å²) in [7, 11) is -7.91. The summed E-state index contributed by atoms with van der Waals surface area (Å²) in [5, 5.41) is 0. The molecule has 21 heavy (non-hydrogen) atoms. The Hall–Kier alpha value is -1.13. The van der Waals surface area contributed by atoms with Crippen LogP contribution in [-0.4, -0.2) is 33.9 Å². The molecule has 1 aromatic carbocycles. The van der Waals surface area contributed by atoms with Gasteiger partial charge in [-0.25, -0.2) is 34.7 Å². The van der Waals surface area contributed by atoms with Crippen LogP contribution in [0, 0.1) is 17.5 Å². The van der Waals surface area contributed by atoms with Crippen molar-refractivity contribution in [3.05, 3.63) is 29.6 Å².